The molecule has 0 heterocycles. The molecule has 0 radical (unpaired) electrons. The minimum atomic E-state index is -0.137. The molecule has 1 aromatic carbocycles. The summed E-state index contributed by atoms with van der Waals surface area (Å²) in [5, 5.41) is 3.84. The molecule has 4 heteroatoms. The van der Waals surface area contributed by atoms with Crippen LogP contribution in [0, 0.1) is 0 Å². The summed E-state index contributed by atoms with van der Waals surface area (Å²) >= 11 is 3.60. The third-order valence-corrected chi connectivity index (χ3v) is 3.67. The van der Waals surface area contributed by atoms with Crippen LogP contribution in [0.5, 0.6) is 0 Å². The first-order valence-corrected chi connectivity index (χ1v) is 7.11. The van der Waals surface area contributed by atoms with Gasteiger partial charge in [0.05, 0.1) is 6.04 Å². The van der Waals surface area contributed by atoms with Gasteiger partial charge in [-0.05, 0) is 17.5 Å². The van der Waals surface area contributed by atoms with E-state index in [1.807, 2.05) is 42.5 Å². The van der Waals surface area contributed by atoms with E-state index in [4.69, 9.17) is 5.53 Å². The van der Waals surface area contributed by atoms with Gasteiger partial charge in [0, 0.05) is 9.74 Å². The third-order valence-electron chi connectivity index (χ3n) is 2.67. The van der Waals surface area contributed by atoms with Gasteiger partial charge in [-0.25, -0.2) is 0 Å². The summed E-state index contributed by atoms with van der Waals surface area (Å²) < 4.78 is 0. The Kier molecular flexibility index (Phi) is 7.23. The van der Waals surface area contributed by atoms with E-state index in [-0.39, 0.29) is 10.9 Å². The molecule has 0 aromatic heterocycles. The quantitative estimate of drug-likeness (QED) is 0.283. The van der Waals surface area contributed by atoms with Crippen molar-refractivity contribution in [2.45, 2.75) is 37.1 Å². The average molecular weight is 308 g/mol. The van der Waals surface area contributed by atoms with Gasteiger partial charge in [0.1, 0.15) is 0 Å². The molecule has 18 heavy (non-hydrogen) atoms. The van der Waals surface area contributed by atoms with Gasteiger partial charge < -0.3 is 0 Å². The Morgan fingerprint density at radius 2 is 2.11 bits per heavy atom. The molecule has 2 unspecified atom stereocenters. The number of unbranched alkanes of at least 4 members (excludes halogenated alkanes) is 1. The number of nitrogens with zero attached hydrogens (tertiary/aromatic N) is 3. The molecule has 0 aliphatic heterocycles. The standard InChI is InChI=1S/C14H18BrN3/c1-2-3-9-13(15)14(17-18-16)11-10-12-7-5-4-6-8-12/h4-8,10-11,13-14H,2-3,9H2,1H3/b11-10+. The molecule has 0 N–H and O–H groups in total. The first-order chi connectivity index (χ1) is 8.77. The van der Waals surface area contributed by atoms with Crippen LogP contribution in [0.2, 0.25) is 0 Å². The monoisotopic (exact) mass is 307 g/mol. The number of hydrogen-bond acceptors (Lipinski definition) is 1. The molecule has 3 nitrogen and oxygen atoms in total. The smallest absolute Gasteiger partial charge is 0.0683 e. The Hall–Kier alpha value is -1.25. The van der Waals surface area contributed by atoms with Crippen LogP contribution in [-0.4, -0.2) is 10.9 Å². The highest BCUT2D eigenvalue weighted by molar-refractivity contribution is 9.09. The lowest BCUT2D eigenvalue weighted by Gasteiger charge is -2.13. The lowest BCUT2D eigenvalue weighted by atomic mass is 10.1. The van der Waals surface area contributed by atoms with Crippen molar-refractivity contribution < 1.29 is 0 Å². The van der Waals surface area contributed by atoms with E-state index in [2.05, 4.69) is 32.9 Å². The second-order valence-electron chi connectivity index (χ2n) is 4.12. The second-order valence-corrected chi connectivity index (χ2v) is 5.30. The zero-order valence-corrected chi connectivity index (χ0v) is 12.1. The van der Waals surface area contributed by atoms with Crippen LogP contribution in [0.1, 0.15) is 31.7 Å². The van der Waals surface area contributed by atoms with Gasteiger partial charge in [0.15, 0.2) is 0 Å². The van der Waals surface area contributed by atoms with Crippen LogP contribution in [0.3, 0.4) is 0 Å². The maximum atomic E-state index is 8.61. The summed E-state index contributed by atoms with van der Waals surface area (Å²) in [6.45, 7) is 2.15. The van der Waals surface area contributed by atoms with E-state index in [1.165, 1.54) is 0 Å². The van der Waals surface area contributed by atoms with Crippen LogP contribution >= 0.6 is 15.9 Å². The number of azide groups is 1. The Labute approximate surface area is 117 Å². The molecule has 0 aliphatic carbocycles. The van der Waals surface area contributed by atoms with Gasteiger partial charge in [-0.15, -0.1) is 0 Å². The van der Waals surface area contributed by atoms with Crippen molar-refractivity contribution >= 4 is 22.0 Å². The minimum Gasteiger partial charge on any atom is -0.0883 e. The second kappa shape index (κ2) is 8.78. The predicted molar refractivity (Wildman–Crippen MR) is 80.7 cm³/mol. The molecule has 0 spiro atoms. The summed E-state index contributed by atoms with van der Waals surface area (Å²) in [7, 11) is 0. The Bertz CT molecular complexity index is 410. The molecule has 0 amide bonds. The van der Waals surface area contributed by atoms with Gasteiger partial charge in [0.2, 0.25) is 0 Å². The molecule has 96 valence electrons. The third kappa shape index (κ3) is 5.39. The fourth-order valence-corrected chi connectivity index (χ4v) is 2.24. The van der Waals surface area contributed by atoms with E-state index >= 15 is 0 Å². The highest BCUT2D eigenvalue weighted by Crippen LogP contribution is 2.19. The molecule has 2 atom stereocenters. The zero-order chi connectivity index (χ0) is 13.2. The Morgan fingerprint density at radius 3 is 2.72 bits per heavy atom. The van der Waals surface area contributed by atoms with Gasteiger partial charge >= 0.3 is 0 Å². The van der Waals surface area contributed by atoms with E-state index < -0.39 is 0 Å². The van der Waals surface area contributed by atoms with E-state index in [0.717, 1.165) is 24.8 Å². The molecule has 1 aromatic rings. The number of halogens is 1. The van der Waals surface area contributed by atoms with Crippen LogP contribution in [0.15, 0.2) is 41.5 Å². The largest absolute Gasteiger partial charge is 0.0883 e. The summed E-state index contributed by atoms with van der Waals surface area (Å²) in [5.74, 6) is 0. The Morgan fingerprint density at radius 1 is 1.39 bits per heavy atom. The van der Waals surface area contributed by atoms with Crippen LogP contribution in [-0.2, 0) is 0 Å². The van der Waals surface area contributed by atoms with Crippen molar-refractivity contribution in [1.82, 2.24) is 0 Å². The number of rotatable bonds is 7. The molecular weight excluding hydrogens is 290 g/mol. The van der Waals surface area contributed by atoms with Crippen molar-refractivity contribution in [3.63, 3.8) is 0 Å². The number of benzene rings is 1. The fraction of sp³-hybridized carbons (Fsp3) is 0.429. The number of hydrogen-bond donors (Lipinski definition) is 0. The van der Waals surface area contributed by atoms with Crippen molar-refractivity contribution in [3.05, 3.63) is 52.4 Å². The molecule has 0 saturated heterocycles. The fourth-order valence-electron chi connectivity index (χ4n) is 1.63. The lowest BCUT2D eigenvalue weighted by Crippen LogP contribution is -2.15. The van der Waals surface area contributed by atoms with Crippen molar-refractivity contribution in [2.75, 3.05) is 0 Å². The van der Waals surface area contributed by atoms with Crippen LogP contribution in [0.4, 0.5) is 0 Å². The maximum absolute atomic E-state index is 8.61. The van der Waals surface area contributed by atoms with Crippen molar-refractivity contribution in [1.29, 1.82) is 0 Å². The highest BCUT2D eigenvalue weighted by Gasteiger charge is 2.13. The summed E-state index contributed by atoms with van der Waals surface area (Å²) in [6.07, 6.45) is 7.25. The Balaban J connectivity index is 2.68. The van der Waals surface area contributed by atoms with E-state index in [0.29, 0.717) is 0 Å². The summed E-state index contributed by atoms with van der Waals surface area (Å²) in [5.41, 5.74) is 9.73. The van der Waals surface area contributed by atoms with E-state index in [1.54, 1.807) is 0 Å². The molecule has 0 fully saturated rings. The predicted octanol–water partition coefficient (Wildman–Crippen LogP) is 5.33. The molecular formula is C14H18BrN3. The van der Waals surface area contributed by atoms with Gasteiger partial charge in [-0.2, -0.15) is 0 Å². The zero-order valence-electron chi connectivity index (χ0n) is 10.5. The van der Waals surface area contributed by atoms with Crippen molar-refractivity contribution in [2.24, 2.45) is 5.11 Å². The van der Waals surface area contributed by atoms with Crippen molar-refractivity contribution in [3.8, 4) is 0 Å². The summed E-state index contributed by atoms with van der Waals surface area (Å²) in [6, 6.07) is 9.88. The summed E-state index contributed by atoms with van der Waals surface area (Å²) in [4.78, 5) is 3.12. The van der Waals surface area contributed by atoms with Gasteiger partial charge in [-0.1, -0.05) is 83.3 Å². The van der Waals surface area contributed by atoms with Gasteiger partial charge in [-0.3, -0.25) is 0 Å². The molecule has 0 saturated carbocycles. The normalized spacial score (nSPS) is 14.1. The van der Waals surface area contributed by atoms with Gasteiger partial charge in [0.25, 0.3) is 0 Å². The highest BCUT2D eigenvalue weighted by atomic mass is 79.9. The first kappa shape index (κ1) is 14.8. The number of alkyl halides is 1. The van der Waals surface area contributed by atoms with Crippen LogP contribution in [0.25, 0.3) is 16.5 Å². The first-order valence-electron chi connectivity index (χ1n) is 6.19. The lowest BCUT2D eigenvalue weighted by molar-refractivity contribution is 0.644. The molecule has 0 aliphatic rings. The topological polar surface area (TPSA) is 48.8 Å². The SMILES string of the molecule is CCCCC(Br)C(/C=C/c1ccccc1)N=[N+]=[N-]. The van der Waals surface area contributed by atoms with Crippen LogP contribution < -0.4 is 0 Å². The molecule has 0 bridgehead atoms. The van der Waals surface area contributed by atoms with E-state index in [9.17, 15) is 0 Å². The average Bonchev–Trinajstić information content (AvgIpc) is 2.42. The molecule has 1 rings (SSSR count). The maximum Gasteiger partial charge on any atom is 0.0683 e. The minimum absolute atomic E-state index is 0.137.